The molecule has 2 aliphatic heterocycles. The smallest absolute Gasteiger partial charge is 0.224 e. The van der Waals surface area contributed by atoms with Crippen LogP contribution in [0.25, 0.3) is 0 Å². The van der Waals surface area contributed by atoms with E-state index < -0.39 is 0 Å². The van der Waals surface area contributed by atoms with Crippen LogP contribution in [0, 0.1) is 0 Å². The van der Waals surface area contributed by atoms with Crippen molar-refractivity contribution in [2.75, 3.05) is 24.6 Å². The summed E-state index contributed by atoms with van der Waals surface area (Å²) in [7, 11) is 0. The summed E-state index contributed by atoms with van der Waals surface area (Å²) in [6.07, 6.45) is 3.08. The molecule has 3 rings (SSSR count). The van der Waals surface area contributed by atoms with Crippen LogP contribution in [0.4, 0.5) is 5.69 Å². The maximum Gasteiger partial charge on any atom is 0.224 e. The van der Waals surface area contributed by atoms with Crippen molar-refractivity contribution in [2.45, 2.75) is 32.2 Å². The minimum absolute atomic E-state index is 0.0278. The van der Waals surface area contributed by atoms with Crippen LogP contribution >= 0.6 is 0 Å². The third kappa shape index (κ3) is 2.78. The molecule has 21 heavy (non-hydrogen) atoms. The molecule has 2 aliphatic rings. The van der Waals surface area contributed by atoms with Crippen LogP contribution in [-0.2, 0) is 4.79 Å². The summed E-state index contributed by atoms with van der Waals surface area (Å²) in [5, 5.41) is 3.27. The molecule has 0 spiro atoms. The number of anilines is 1. The van der Waals surface area contributed by atoms with Crippen LogP contribution in [0.3, 0.4) is 0 Å². The average molecular weight is 288 g/mol. The number of hydrogen-bond donors (Lipinski definition) is 1. The number of amides is 1. The number of hydrogen-bond acceptors (Lipinski definition) is 4. The first-order valence-corrected chi connectivity index (χ1v) is 7.49. The van der Waals surface area contributed by atoms with Gasteiger partial charge in [0.05, 0.1) is 18.3 Å². The quantitative estimate of drug-likeness (QED) is 0.842. The molecular formula is C16H20N2O3. The molecule has 112 valence electrons. The fraction of sp³-hybridized carbons (Fsp3) is 0.500. The molecule has 1 fully saturated rings. The summed E-state index contributed by atoms with van der Waals surface area (Å²) in [5.74, 6) is 0.746. The largest absolute Gasteiger partial charge is 0.490 e. The average Bonchev–Trinajstić information content (AvgIpc) is 2.53. The fourth-order valence-electron chi connectivity index (χ4n) is 2.97. The first kappa shape index (κ1) is 14.1. The highest BCUT2D eigenvalue weighted by atomic mass is 16.5. The number of piperidine rings is 1. The molecule has 5 heteroatoms. The lowest BCUT2D eigenvalue weighted by Gasteiger charge is -2.29. The van der Waals surface area contributed by atoms with E-state index in [9.17, 15) is 9.59 Å². The number of carbonyl (C=O) groups is 2. The van der Waals surface area contributed by atoms with Gasteiger partial charge in [-0.1, -0.05) is 6.42 Å². The van der Waals surface area contributed by atoms with E-state index in [0.717, 1.165) is 25.8 Å². The van der Waals surface area contributed by atoms with E-state index in [0.29, 0.717) is 30.2 Å². The molecule has 1 aromatic carbocycles. The second-order valence-corrected chi connectivity index (χ2v) is 5.57. The summed E-state index contributed by atoms with van der Waals surface area (Å²) in [6, 6.07) is 5.27. The van der Waals surface area contributed by atoms with Crippen LogP contribution in [0.15, 0.2) is 18.2 Å². The van der Waals surface area contributed by atoms with Crippen molar-refractivity contribution < 1.29 is 14.3 Å². The van der Waals surface area contributed by atoms with Gasteiger partial charge in [0.1, 0.15) is 12.4 Å². The Morgan fingerprint density at radius 1 is 1.33 bits per heavy atom. The van der Waals surface area contributed by atoms with Crippen molar-refractivity contribution in [1.29, 1.82) is 0 Å². The minimum atomic E-state index is -0.105. The standard InChI is InChI=1S/C16H20N2O3/c1-11(19)18-8-9-21-15-6-5-12(10-14(15)18)16(20)13-4-2-3-7-17-13/h5-6,10,13,17H,2-4,7-9H2,1H3. The number of benzene rings is 1. The molecule has 1 amide bonds. The predicted molar refractivity (Wildman–Crippen MR) is 79.9 cm³/mol. The lowest BCUT2D eigenvalue weighted by molar-refractivity contribution is -0.116. The van der Waals surface area contributed by atoms with E-state index in [1.54, 1.807) is 23.1 Å². The number of Topliss-reactive ketones (excluding diaryl/α,β-unsaturated/α-hetero) is 1. The van der Waals surface area contributed by atoms with Crippen LogP contribution in [0.5, 0.6) is 5.75 Å². The Balaban J connectivity index is 1.88. The topological polar surface area (TPSA) is 58.6 Å². The SMILES string of the molecule is CC(=O)N1CCOc2ccc(C(=O)C3CCCCN3)cc21. The van der Waals surface area contributed by atoms with E-state index in [4.69, 9.17) is 4.74 Å². The van der Waals surface area contributed by atoms with Crippen LogP contribution in [0.1, 0.15) is 36.5 Å². The van der Waals surface area contributed by atoms with Gasteiger partial charge in [0, 0.05) is 12.5 Å². The molecule has 5 nitrogen and oxygen atoms in total. The highest BCUT2D eigenvalue weighted by Gasteiger charge is 2.26. The fourth-order valence-corrected chi connectivity index (χ4v) is 2.97. The van der Waals surface area contributed by atoms with Gasteiger partial charge in [-0.05, 0) is 37.6 Å². The van der Waals surface area contributed by atoms with E-state index >= 15 is 0 Å². The molecule has 1 saturated heterocycles. The normalized spacial score (nSPS) is 21.4. The molecule has 0 aromatic heterocycles. The zero-order valence-corrected chi connectivity index (χ0v) is 12.2. The first-order chi connectivity index (χ1) is 10.2. The maximum atomic E-state index is 12.6. The minimum Gasteiger partial charge on any atom is -0.490 e. The number of ether oxygens (including phenoxy) is 1. The highest BCUT2D eigenvalue weighted by Crippen LogP contribution is 2.33. The maximum absolute atomic E-state index is 12.6. The molecule has 0 aliphatic carbocycles. The van der Waals surface area contributed by atoms with Gasteiger partial charge in [0.2, 0.25) is 5.91 Å². The van der Waals surface area contributed by atoms with Gasteiger partial charge in [-0.2, -0.15) is 0 Å². The molecule has 2 heterocycles. The summed E-state index contributed by atoms with van der Waals surface area (Å²) in [6.45, 7) is 3.45. The summed E-state index contributed by atoms with van der Waals surface area (Å²) < 4.78 is 5.56. The number of ketones is 1. The number of carbonyl (C=O) groups excluding carboxylic acids is 2. The van der Waals surface area contributed by atoms with Crippen molar-refractivity contribution in [3.8, 4) is 5.75 Å². The van der Waals surface area contributed by atoms with Gasteiger partial charge in [0.15, 0.2) is 5.78 Å². The van der Waals surface area contributed by atoms with Crippen LogP contribution in [0.2, 0.25) is 0 Å². The summed E-state index contributed by atoms with van der Waals surface area (Å²) in [5.41, 5.74) is 1.35. The van der Waals surface area contributed by atoms with E-state index in [1.165, 1.54) is 6.92 Å². The first-order valence-electron chi connectivity index (χ1n) is 7.49. The second-order valence-electron chi connectivity index (χ2n) is 5.57. The molecule has 0 bridgehead atoms. The van der Waals surface area contributed by atoms with Gasteiger partial charge >= 0.3 is 0 Å². The van der Waals surface area contributed by atoms with Gasteiger partial charge in [-0.15, -0.1) is 0 Å². The molecule has 0 radical (unpaired) electrons. The van der Waals surface area contributed by atoms with E-state index in [1.807, 2.05) is 0 Å². The Labute approximate surface area is 124 Å². The lowest BCUT2D eigenvalue weighted by atomic mass is 9.96. The molecular weight excluding hydrogens is 268 g/mol. The zero-order chi connectivity index (χ0) is 14.8. The Bertz CT molecular complexity index is 565. The summed E-state index contributed by atoms with van der Waals surface area (Å²) in [4.78, 5) is 25.9. The van der Waals surface area contributed by atoms with E-state index in [-0.39, 0.29) is 17.7 Å². The van der Waals surface area contributed by atoms with Crippen molar-refractivity contribution in [3.05, 3.63) is 23.8 Å². The van der Waals surface area contributed by atoms with Crippen molar-refractivity contribution in [3.63, 3.8) is 0 Å². The number of nitrogens with zero attached hydrogens (tertiary/aromatic N) is 1. The third-order valence-electron chi connectivity index (χ3n) is 4.11. The zero-order valence-electron chi connectivity index (χ0n) is 12.2. The molecule has 1 atom stereocenters. The second kappa shape index (κ2) is 5.85. The van der Waals surface area contributed by atoms with Gasteiger partial charge in [-0.3, -0.25) is 9.59 Å². The number of rotatable bonds is 2. The molecule has 1 N–H and O–H groups in total. The van der Waals surface area contributed by atoms with Crippen molar-refractivity contribution in [2.24, 2.45) is 0 Å². The van der Waals surface area contributed by atoms with Gasteiger partial charge in [0.25, 0.3) is 0 Å². The lowest BCUT2D eigenvalue weighted by Crippen LogP contribution is -2.40. The third-order valence-corrected chi connectivity index (χ3v) is 4.11. The van der Waals surface area contributed by atoms with Crippen molar-refractivity contribution in [1.82, 2.24) is 5.32 Å². The highest BCUT2D eigenvalue weighted by molar-refractivity contribution is 6.02. The van der Waals surface area contributed by atoms with Gasteiger partial charge in [-0.25, -0.2) is 0 Å². The summed E-state index contributed by atoms with van der Waals surface area (Å²) >= 11 is 0. The number of nitrogens with one attached hydrogen (secondary N) is 1. The molecule has 1 aromatic rings. The monoisotopic (exact) mass is 288 g/mol. The van der Waals surface area contributed by atoms with E-state index in [2.05, 4.69) is 5.32 Å². The Kier molecular flexibility index (Phi) is 3.92. The van der Waals surface area contributed by atoms with Gasteiger partial charge < -0.3 is 15.0 Å². The Morgan fingerprint density at radius 3 is 2.90 bits per heavy atom. The Morgan fingerprint density at radius 2 is 2.19 bits per heavy atom. The molecule has 0 saturated carbocycles. The predicted octanol–water partition coefficient (Wildman–Crippen LogP) is 1.76. The Hall–Kier alpha value is -1.88. The van der Waals surface area contributed by atoms with Crippen LogP contribution in [-0.4, -0.2) is 37.4 Å². The molecule has 1 unspecified atom stereocenters. The number of fused-ring (bicyclic) bond motifs is 1. The van der Waals surface area contributed by atoms with Crippen molar-refractivity contribution >= 4 is 17.4 Å². The van der Waals surface area contributed by atoms with Crippen LogP contribution < -0.4 is 15.0 Å².